The molecule has 2 saturated heterocycles. The zero-order valence-corrected chi connectivity index (χ0v) is 12.6. The van der Waals surface area contributed by atoms with Crippen LogP contribution in [0.4, 0.5) is 0 Å². The molecule has 2 unspecified atom stereocenters. The Hall–Kier alpha value is -1.15. The average molecular weight is 271 g/mol. The molecule has 108 valence electrons. The number of benzene rings is 1. The zero-order valence-electron chi connectivity index (χ0n) is 12.6. The smallest absolute Gasteiger partial charge is 0.137 e. The highest BCUT2D eigenvalue weighted by Crippen LogP contribution is 2.33. The molecule has 0 aromatic heterocycles. The first-order valence-corrected chi connectivity index (χ1v) is 7.94. The lowest BCUT2D eigenvalue weighted by atomic mass is 9.86. The molecule has 0 aliphatic carbocycles. The van der Waals surface area contributed by atoms with Crippen molar-refractivity contribution >= 4 is 5.78 Å². The standard InChI is InChI=1S/C18H25NO/c1-12-3-4-13(2)15(7-12)11-18(20)10-14-8-16-5-6-17(9-14)19-16/h3-4,7,14,16-17,19H,5-6,8-11H2,1-2H3. The molecular weight excluding hydrogens is 246 g/mol. The third-order valence-electron chi connectivity index (χ3n) is 4.98. The minimum absolute atomic E-state index is 0.421. The molecule has 0 radical (unpaired) electrons. The van der Waals surface area contributed by atoms with E-state index in [0.29, 0.717) is 30.2 Å². The lowest BCUT2D eigenvalue weighted by Crippen LogP contribution is -2.38. The molecule has 2 heteroatoms. The number of Topliss-reactive ketones (excluding diaryl/α,β-unsaturated/α-hetero) is 1. The first kappa shape index (κ1) is 13.8. The van der Waals surface area contributed by atoms with E-state index in [4.69, 9.17) is 0 Å². The molecule has 3 rings (SSSR count). The normalized spacial score (nSPS) is 28.6. The highest BCUT2D eigenvalue weighted by Gasteiger charge is 2.34. The molecule has 1 aromatic rings. The predicted molar refractivity (Wildman–Crippen MR) is 81.9 cm³/mol. The van der Waals surface area contributed by atoms with Crippen molar-refractivity contribution in [2.45, 2.75) is 64.5 Å². The fourth-order valence-corrected chi connectivity index (χ4v) is 3.94. The molecule has 20 heavy (non-hydrogen) atoms. The summed E-state index contributed by atoms with van der Waals surface area (Å²) in [5.74, 6) is 1.04. The van der Waals surface area contributed by atoms with E-state index in [1.807, 2.05) is 0 Å². The van der Waals surface area contributed by atoms with Gasteiger partial charge in [0.05, 0.1) is 0 Å². The number of ketones is 1. The van der Waals surface area contributed by atoms with Crippen molar-refractivity contribution in [3.63, 3.8) is 0 Å². The number of carbonyl (C=O) groups excluding carboxylic acids is 1. The van der Waals surface area contributed by atoms with Gasteiger partial charge in [-0.15, -0.1) is 0 Å². The number of carbonyl (C=O) groups is 1. The van der Waals surface area contributed by atoms with E-state index < -0.39 is 0 Å². The number of hydrogen-bond donors (Lipinski definition) is 1. The number of nitrogens with one attached hydrogen (secondary N) is 1. The van der Waals surface area contributed by atoms with Crippen molar-refractivity contribution in [2.75, 3.05) is 0 Å². The van der Waals surface area contributed by atoms with Gasteiger partial charge in [0, 0.05) is 24.9 Å². The van der Waals surface area contributed by atoms with Gasteiger partial charge < -0.3 is 5.32 Å². The Labute approximate surface area is 122 Å². The van der Waals surface area contributed by atoms with Gasteiger partial charge in [0.1, 0.15) is 5.78 Å². The van der Waals surface area contributed by atoms with Gasteiger partial charge in [-0.05, 0) is 56.6 Å². The molecular formula is C18H25NO. The second-order valence-corrected chi connectivity index (χ2v) is 6.82. The van der Waals surface area contributed by atoms with Gasteiger partial charge in [-0.1, -0.05) is 23.8 Å². The average Bonchev–Trinajstić information content (AvgIpc) is 2.73. The minimum Gasteiger partial charge on any atom is -0.311 e. The van der Waals surface area contributed by atoms with Crippen LogP contribution in [-0.4, -0.2) is 17.9 Å². The molecule has 2 nitrogen and oxygen atoms in total. The lowest BCUT2D eigenvalue weighted by Gasteiger charge is -2.28. The summed E-state index contributed by atoms with van der Waals surface area (Å²) in [7, 11) is 0. The Kier molecular flexibility index (Phi) is 3.93. The highest BCUT2D eigenvalue weighted by atomic mass is 16.1. The third kappa shape index (κ3) is 3.12. The molecule has 2 fully saturated rings. The predicted octanol–water partition coefficient (Wildman–Crippen LogP) is 3.34. The van der Waals surface area contributed by atoms with E-state index in [1.54, 1.807) is 0 Å². The quantitative estimate of drug-likeness (QED) is 0.910. The van der Waals surface area contributed by atoms with Crippen molar-refractivity contribution in [1.29, 1.82) is 0 Å². The summed E-state index contributed by atoms with van der Waals surface area (Å²) in [6.07, 6.45) is 6.43. The van der Waals surface area contributed by atoms with Crippen molar-refractivity contribution in [3.8, 4) is 0 Å². The fraction of sp³-hybridized carbons (Fsp3) is 0.611. The van der Waals surface area contributed by atoms with Crippen LogP contribution in [0, 0.1) is 19.8 Å². The van der Waals surface area contributed by atoms with Crippen LogP contribution in [0.3, 0.4) is 0 Å². The van der Waals surface area contributed by atoms with Gasteiger partial charge in [-0.25, -0.2) is 0 Å². The van der Waals surface area contributed by atoms with Crippen LogP contribution in [0.25, 0.3) is 0 Å². The van der Waals surface area contributed by atoms with Crippen molar-refractivity contribution in [3.05, 3.63) is 34.9 Å². The molecule has 0 saturated carbocycles. The Morgan fingerprint density at radius 1 is 1.20 bits per heavy atom. The first-order valence-electron chi connectivity index (χ1n) is 7.94. The summed E-state index contributed by atoms with van der Waals surface area (Å²) in [5, 5.41) is 3.65. The molecule has 2 atom stereocenters. The van der Waals surface area contributed by atoms with Crippen molar-refractivity contribution in [2.24, 2.45) is 5.92 Å². The molecule has 1 N–H and O–H groups in total. The maximum Gasteiger partial charge on any atom is 0.137 e. The number of fused-ring (bicyclic) bond motifs is 2. The Morgan fingerprint density at radius 3 is 2.60 bits per heavy atom. The summed E-state index contributed by atoms with van der Waals surface area (Å²) >= 11 is 0. The van der Waals surface area contributed by atoms with Crippen molar-refractivity contribution < 1.29 is 4.79 Å². The van der Waals surface area contributed by atoms with Gasteiger partial charge in [-0.2, -0.15) is 0 Å². The largest absolute Gasteiger partial charge is 0.311 e. The van der Waals surface area contributed by atoms with Gasteiger partial charge in [0.15, 0.2) is 0 Å². The van der Waals surface area contributed by atoms with Gasteiger partial charge >= 0.3 is 0 Å². The SMILES string of the molecule is Cc1ccc(C)c(CC(=O)CC2CC3CCC(C2)N3)c1. The molecule has 0 spiro atoms. The molecule has 2 bridgehead atoms. The van der Waals surface area contributed by atoms with Crippen LogP contribution in [0.1, 0.15) is 48.8 Å². The minimum atomic E-state index is 0.421. The van der Waals surface area contributed by atoms with Gasteiger partial charge in [0.2, 0.25) is 0 Å². The molecule has 0 amide bonds. The summed E-state index contributed by atoms with van der Waals surface area (Å²) in [6.45, 7) is 4.20. The molecule has 1 aromatic carbocycles. The lowest BCUT2D eigenvalue weighted by molar-refractivity contribution is -0.119. The van der Waals surface area contributed by atoms with Gasteiger partial charge in [-0.3, -0.25) is 4.79 Å². The van der Waals surface area contributed by atoms with Crippen LogP contribution in [0.5, 0.6) is 0 Å². The topological polar surface area (TPSA) is 29.1 Å². The summed E-state index contributed by atoms with van der Waals surface area (Å²) in [5.41, 5.74) is 3.71. The van der Waals surface area contributed by atoms with E-state index in [-0.39, 0.29) is 0 Å². The van der Waals surface area contributed by atoms with E-state index in [2.05, 4.69) is 37.4 Å². The Morgan fingerprint density at radius 2 is 1.90 bits per heavy atom. The highest BCUT2D eigenvalue weighted by molar-refractivity contribution is 5.81. The maximum absolute atomic E-state index is 12.4. The second-order valence-electron chi connectivity index (χ2n) is 6.82. The van der Waals surface area contributed by atoms with Gasteiger partial charge in [0.25, 0.3) is 0 Å². The van der Waals surface area contributed by atoms with E-state index in [9.17, 15) is 4.79 Å². The van der Waals surface area contributed by atoms with Crippen LogP contribution >= 0.6 is 0 Å². The fourth-order valence-electron chi connectivity index (χ4n) is 3.94. The Bertz CT molecular complexity index is 496. The first-order chi connectivity index (χ1) is 9.60. The zero-order chi connectivity index (χ0) is 14.1. The summed E-state index contributed by atoms with van der Waals surface area (Å²) in [6, 6.07) is 7.79. The van der Waals surface area contributed by atoms with E-state index >= 15 is 0 Å². The third-order valence-corrected chi connectivity index (χ3v) is 4.98. The van der Waals surface area contributed by atoms with Crippen LogP contribution in [0.2, 0.25) is 0 Å². The van der Waals surface area contributed by atoms with Crippen LogP contribution in [0.15, 0.2) is 18.2 Å². The molecule has 2 aliphatic heterocycles. The summed E-state index contributed by atoms with van der Waals surface area (Å²) < 4.78 is 0. The van der Waals surface area contributed by atoms with Crippen LogP contribution in [-0.2, 0) is 11.2 Å². The Balaban J connectivity index is 1.58. The second kappa shape index (κ2) is 5.69. The number of rotatable bonds is 4. The molecule has 2 aliphatic rings. The maximum atomic E-state index is 12.4. The van der Waals surface area contributed by atoms with E-state index in [1.165, 1.54) is 42.4 Å². The monoisotopic (exact) mass is 271 g/mol. The number of piperidine rings is 1. The van der Waals surface area contributed by atoms with E-state index in [0.717, 1.165) is 6.42 Å². The van der Waals surface area contributed by atoms with Crippen molar-refractivity contribution in [1.82, 2.24) is 5.32 Å². The number of hydrogen-bond acceptors (Lipinski definition) is 2. The van der Waals surface area contributed by atoms with Crippen LogP contribution < -0.4 is 5.32 Å². The molecule has 2 heterocycles. The number of aryl methyl sites for hydroxylation is 2. The summed E-state index contributed by atoms with van der Waals surface area (Å²) in [4.78, 5) is 12.4.